The van der Waals surface area contributed by atoms with Crippen molar-refractivity contribution in [2.75, 3.05) is 64.3 Å². The Bertz CT molecular complexity index is 1630. The van der Waals surface area contributed by atoms with Crippen LogP contribution in [0.4, 0.5) is 24.5 Å². The lowest BCUT2D eigenvalue weighted by Gasteiger charge is -2.33. The number of ether oxygens (including phenoxy) is 1. The highest BCUT2D eigenvalue weighted by molar-refractivity contribution is 7.90. The van der Waals surface area contributed by atoms with Gasteiger partial charge in [-0.05, 0) is 63.2 Å². The van der Waals surface area contributed by atoms with Gasteiger partial charge in [0.15, 0.2) is 9.84 Å². The van der Waals surface area contributed by atoms with Crippen LogP contribution in [-0.2, 0) is 21.2 Å². The molecule has 2 N–H and O–H groups in total. The van der Waals surface area contributed by atoms with Crippen molar-refractivity contribution >= 4 is 38.0 Å². The lowest BCUT2D eigenvalue weighted by molar-refractivity contribution is -0.140. The monoisotopic (exact) mass is 619 g/mol. The number of anilines is 2. The van der Waals surface area contributed by atoms with E-state index in [2.05, 4.69) is 22.5 Å². The Hall–Kier alpha value is -3.89. The van der Waals surface area contributed by atoms with E-state index in [9.17, 15) is 26.4 Å². The van der Waals surface area contributed by atoms with Crippen LogP contribution in [0, 0.1) is 11.8 Å². The molecule has 1 aliphatic rings. The van der Waals surface area contributed by atoms with E-state index in [4.69, 9.17) is 4.74 Å². The van der Waals surface area contributed by atoms with Gasteiger partial charge in [0.05, 0.1) is 42.0 Å². The van der Waals surface area contributed by atoms with Gasteiger partial charge in [0, 0.05) is 42.5 Å². The molecule has 1 aromatic heterocycles. The van der Waals surface area contributed by atoms with Crippen LogP contribution in [0.25, 0.3) is 10.9 Å². The quantitative estimate of drug-likeness (QED) is 0.349. The van der Waals surface area contributed by atoms with Crippen molar-refractivity contribution in [3.63, 3.8) is 0 Å². The number of alkyl halides is 3. The Balaban J connectivity index is 1.53. The number of benzene rings is 2. The number of hydrogen-bond acceptors (Lipinski definition) is 7. The van der Waals surface area contributed by atoms with E-state index >= 15 is 0 Å². The number of methoxy groups -OCH3 is 1. The van der Waals surface area contributed by atoms with Crippen molar-refractivity contribution in [1.29, 1.82) is 0 Å². The van der Waals surface area contributed by atoms with Crippen LogP contribution in [0.5, 0.6) is 5.75 Å². The maximum Gasteiger partial charge on any atom is 0.406 e. The number of likely N-dealkylation sites (tertiary alicyclic amines) is 1. The average molecular weight is 620 g/mol. The summed E-state index contributed by atoms with van der Waals surface area (Å²) in [5, 5.41) is 7.15. The van der Waals surface area contributed by atoms with E-state index in [-0.39, 0.29) is 29.1 Å². The van der Waals surface area contributed by atoms with Crippen molar-refractivity contribution in [3.05, 3.63) is 48.2 Å². The number of carbonyl (C=O) groups excluding carboxylic acids is 1. The van der Waals surface area contributed by atoms with Crippen molar-refractivity contribution in [2.45, 2.75) is 36.5 Å². The highest BCUT2D eigenvalue weighted by atomic mass is 32.2. The molecule has 1 saturated heterocycles. The normalized spacial score (nSPS) is 14.5. The van der Waals surface area contributed by atoms with Gasteiger partial charge < -0.3 is 29.7 Å². The van der Waals surface area contributed by atoms with Gasteiger partial charge in [0.25, 0.3) is 0 Å². The van der Waals surface area contributed by atoms with Crippen LogP contribution in [0.1, 0.15) is 18.5 Å². The third-order valence-corrected chi connectivity index (χ3v) is 8.24. The minimum Gasteiger partial charge on any atom is -0.495 e. The molecule has 0 aliphatic carbocycles. The van der Waals surface area contributed by atoms with Gasteiger partial charge >= 0.3 is 6.18 Å². The number of carbonyl (C=O) groups is 1. The predicted molar refractivity (Wildman–Crippen MR) is 161 cm³/mol. The standard InChI is InChI=1S/C30H36F3N5O4S/c1-36(2)19-29(39)37-15-12-21(13-16-37)35-25-8-5-9-27-24(25)17-22(38(27)20-30(31,32)33)7-6-14-34-26-11-10-23(43(4,40)41)18-28(26)42-3/h5,8-11,17-18,21,34-35H,12-16,19-20H2,1-4H3. The summed E-state index contributed by atoms with van der Waals surface area (Å²) in [6, 6.07) is 11.3. The average Bonchev–Trinajstić information content (AvgIpc) is 3.27. The zero-order chi connectivity index (χ0) is 31.4. The summed E-state index contributed by atoms with van der Waals surface area (Å²) in [5.74, 6) is 6.14. The predicted octanol–water partition coefficient (Wildman–Crippen LogP) is 4.04. The molecular formula is C30H36F3N5O4S. The maximum absolute atomic E-state index is 13.6. The van der Waals surface area contributed by atoms with Crippen LogP contribution in [-0.4, -0.2) is 94.5 Å². The molecule has 2 heterocycles. The van der Waals surface area contributed by atoms with Crippen LogP contribution in [0.15, 0.2) is 47.4 Å². The molecule has 1 aliphatic heterocycles. The number of halogens is 3. The molecule has 9 nitrogen and oxygen atoms in total. The van der Waals surface area contributed by atoms with E-state index in [0.717, 1.165) is 23.7 Å². The lowest BCUT2D eigenvalue weighted by Crippen LogP contribution is -2.45. The summed E-state index contributed by atoms with van der Waals surface area (Å²) in [4.78, 5) is 16.2. The molecular weight excluding hydrogens is 583 g/mol. The molecule has 0 spiro atoms. The topological polar surface area (TPSA) is 95.9 Å². The maximum atomic E-state index is 13.6. The number of aromatic nitrogens is 1. The van der Waals surface area contributed by atoms with Gasteiger partial charge in [0.1, 0.15) is 12.3 Å². The second-order valence-corrected chi connectivity index (χ2v) is 12.8. The van der Waals surface area contributed by atoms with Crippen LogP contribution < -0.4 is 15.4 Å². The molecule has 232 valence electrons. The van der Waals surface area contributed by atoms with Gasteiger partial charge in [-0.15, -0.1) is 0 Å². The molecule has 0 bridgehead atoms. The number of nitrogens with zero attached hydrogens (tertiary/aromatic N) is 3. The number of hydrogen-bond donors (Lipinski definition) is 2. The molecule has 2 aromatic carbocycles. The molecule has 43 heavy (non-hydrogen) atoms. The van der Waals surface area contributed by atoms with Crippen LogP contribution in [0.2, 0.25) is 0 Å². The van der Waals surface area contributed by atoms with Crippen molar-refractivity contribution < 1.29 is 31.1 Å². The fourth-order valence-electron chi connectivity index (χ4n) is 5.05. The third-order valence-electron chi connectivity index (χ3n) is 7.13. The number of likely N-dealkylation sites (N-methyl/N-ethyl adjacent to an activating group) is 1. The van der Waals surface area contributed by atoms with Gasteiger partial charge in [-0.1, -0.05) is 12.0 Å². The minimum atomic E-state index is -4.45. The largest absolute Gasteiger partial charge is 0.495 e. The Morgan fingerprint density at radius 3 is 2.47 bits per heavy atom. The van der Waals surface area contributed by atoms with Gasteiger partial charge in [-0.3, -0.25) is 4.79 Å². The first-order valence-corrected chi connectivity index (χ1v) is 15.6. The second-order valence-electron chi connectivity index (χ2n) is 10.8. The number of fused-ring (bicyclic) bond motifs is 1. The summed E-state index contributed by atoms with van der Waals surface area (Å²) in [5.41, 5.74) is 1.84. The summed E-state index contributed by atoms with van der Waals surface area (Å²) < 4.78 is 70.9. The van der Waals surface area contributed by atoms with Crippen molar-refractivity contribution in [3.8, 4) is 17.6 Å². The van der Waals surface area contributed by atoms with Crippen molar-refractivity contribution in [1.82, 2.24) is 14.4 Å². The molecule has 0 atom stereocenters. The van der Waals surface area contributed by atoms with Crippen molar-refractivity contribution in [2.24, 2.45) is 0 Å². The van der Waals surface area contributed by atoms with E-state index in [0.29, 0.717) is 47.7 Å². The number of nitrogens with one attached hydrogen (secondary N) is 2. The summed E-state index contributed by atoms with van der Waals surface area (Å²) in [7, 11) is 1.69. The third kappa shape index (κ3) is 8.36. The highest BCUT2D eigenvalue weighted by Crippen LogP contribution is 2.32. The highest BCUT2D eigenvalue weighted by Gasteiger charge is 2.30. The van der Waals surface area contributed by atoms with E-state index in [1.165, 1.54) is 19.2 Å². The second kappa shape index (κ2) is 13.2. The summed E-state index contributed by atoms with van der Waals surface area (Å²) in [6.07, 6.45) is -1.90. The molecule has 13 heteroatoms. The number of piperidine rings is 1. The smallest absolute Gasteiger partial charge is 0.406 e. The first-order valence-electron chi connectivity index (χ1n) is 13.7. The fourth-order valence-corrected chi connectivity index (χ4v) is 5.69. The Morgan fingerprint density at radius 1 is 1.12 bits per heavy atom. The van der Waals surface area contributed by atoms with Gasteiger partial charge in [-0.25, -0.2) is 8.42 Å². The van der Waals surface area contributed by atoms with Crippen LogP contribution in [0.3, 0.4) is 0 Å². The SMILES string of the molecule is COc1cc(S(C)(=O)=O)ccc1NCC#Cc1cc2c(NC3CCN(C(=O)CN(C)C)CC3)cccc2n1CC(F)(F)F. The zero-order valence-electron chi connectivity index (χ0n) is 24.6. The minimum absolute atomic E-state index is 0.0720. The zero-order valence-corrected chi connectivity index (χ0v) is 25.4. The Morgan fingerprint density at radius 2 is 1.84 bits per heavy atom. The molecule has 1 fully saturated rings. The first-order chi connectivity index (χ1) is 20.2. The summed E-state index contributed by atoms with van der Waals surface area (Å²) >= 11 is 0. The number of rotatable bonds is 9. The van der Waals surface area contributed by atoms with Gasteiger partial charge in [0.2, 0.25) is 5.91 Å². The molecule has 3 aromatic rings. The molecule has 0 unspecified atom stereocenters. The molecule has 0 radical (unpaired) electrons. The Labute approximate surface area is 249 Å². The molecule has 1 amide bonds. The van der Waals surface area contributed by atoms with Crippen LogP contribution >= 0.6 is 0 Å². The number of amides is 1. The van der Waals surface area contributed by atoms with Gasteiger partial charge in [-0.2, -0.15) is 13.2 Å². The van der Waals surface area contributed by atoms with E-state index < -0.39 is 22.6 Å². The first kappa shape index (κ1) is 32.0. The van der Waals surface area contributed by atoms with E-state index in [1.807, 2.05) is 30.0 Å². The molecule has 0 saturated carbocycles. The lowest BCUT2D eigenvalue weighted by atomic mass is 10.0. The number of sulfone groups is 1. The fraction of sp³-hybridized carbons (Fsp3) is 0.433. The Kier molecular flexibility index (Phi) is 9.82. The summed E-state index contributed by atoms with van der Waals surface area (Å²) in [6.45, 7) is 0.469. The van der Waals surface area contributed by atoms with E-state index in [1.54, 1.807) is 24.3 Å². The molecule has 4 rings (SSSR count).